The molecular formula is C23H25F2IN4O5. The molecule has 0 aliphatic carbocycles. The average Bonchev–Trinajstić information content (AvgIpc) is 3.18. The first-order valence-electron chi connectivity index (χ1n) is 11.1. The fraction of sp³-hybridized carbons (Fsp3) is 0.435. The summed E-state index contributed by atoms with van der Waals surface area (Å²) in [7, 11) is 1.56. The standard InChI is InChI=1S/C23H25F2IN4O5/c1-11(2)29-18-5-4-13(10-35-3)30(18)28-9-15(20(31)21(32)19(28)23(29)34)22(33)27-8-14-16(25)6-12(24)7-17(14)26/h6-7,9,11,13,18,32H,4-5,8,10H2,1-3H3,(H,27,33)/t13-,18-/m0/s1. The van der Waals surface area contributed by atoms with Gasteiger partial charge in [0, 0.05) is 41.1 Å². The highest BCUT2D eigenvalue weighted by molar-refractivity contribution is 14.1. The van der Waals surface area contributed by atoms with Crippen molar-refractivity contribution in [1.82, 2.24) is 14.9 Å². The molecular weight excluding hydrogens is 577 g/mol. The van der Waals surface area contributed by atoms with Crippen molar-refractivity contribution in [2.75, 3.05) is 18.7 Å². The number of aromatic hydroxyl groups is 1. The number of ether oxygens (including phenoxy) is 1. The van der Waals surface area contributed by atoms with Crippen LogP contribution in [-0.2, 0) is 11.3 Å². The zero-order valence-corrected chi connectivity index (χ0v) is 21.5. The Labute approximate surface area is 213 Å². The van der Waals surface area contributed by atoms with Crippen molar-refractivity contribution in [1.29, 1.82) is 0 Å². The molecule has 0 saturated carbocycles. The van der Waals surface area contributed by atoms with E-state index in [1.165, 1.54) is 10.9 Å². The third-order valence-electron chi connectivity index (χ3n) is 6.30. The smallest absolute Gasteiger partial charge is 0.278 e. The van der Waals surface area contributed by atoms with E-state index in [1.807, 2.05) is 18.9 Å². The zero-order valence-electron chi connectivity index (χ0n) is 19.3. The van der Waals surface area contributed by atoms with Crippen LogP contribution >= 0.6 is 22.6 Å². The van der Waals surface area contributed by atoms with Gasteiger partial charge in [-0.2, -0.15) is 0 Å². The van der Waals surface area contributed by atoms with Gasteiger partial charge < -0.3 is 20.1 Å². The Bertz CT molecular complexity index is 1230. The first-order valence-corrected chi connectivity index (χ1v) is 12.1. The van der Waals surface area contributed by atoms with Gasteiger partial charge in [-0.3, -0.25) is 24.1 Å². The second-order valence-electron chi connectivity index (χ2n) is 8.80. The number of fused-ring (bicyclic) bond motifs is 3. The summed E-state index contributed by atoms with van der Waals surface area (Å²) in [5.74, 6) is -3.79. The van der Waals surface area contributed by atoms with Crippen LogP contribution in [0.15, 0.2) is 23.1 Å². The summed E-state index contributed by atoms with van der Waals surface area (Å²) in [6, 6.07) is 1.47. The SMILES string of the molecule is COC[C@@H]1CC[C@H]2N(C(C)C)C(=O)c3c(O)c(=O)c(C(=O)NCc4c(F)cc(F)cc4I)cn3N12. The molecule has 1 saturated heterocycles. The van der Waals surface area contributed by atoms with Crippen LogP contribution in [0, 0.1) is 15.2 Å². The van der Waals surface area contributed by atoms with E-state index in [2.05, 4.69) is 5.32 Å². The maximum Gasteiger partial charge on any atom is 0.278 e. The minimum absolute atomic E-state index is 0.0603. The third-order valence-corrected chi connectivity index (χ3v) is 7.26. The molecule has 1 fully saturated rings. The highest BCUT2D eigenvalue weighted by atomic mass is 127. The number of amides is 2. The van der Waals surface area contributed by atoms with Crippen molar-refractivity contribution in [3.05, 3.63) is 60.6 Å². The van der Waals surface area contributed by atoms with Crippen molar-refractivity contribution < 1.29 is 28.2 Å². The highest BCUT2D eigenvalue weighted by Gasteiger charge is 2.47. The second-order valence-corrected chi connectivity index (χ2v) is 9.96. The molecule has 2 amide bonds. The molecule has 2 aliphatic heterocycles. The molecule has 1 aromatic carbocycles. The van der Waals surface area contributed by atoms with Crippen LogP contribution in [0.5, 0.6) is 5.75 Å². The summed E-state index contributed by atoms with van der Waals surface area (Å²) in [5.41, 5.74) is -1.58. The van der Waals surface area contributed by atoms with Crippen molar-refractivity contribution in [2.24, 2.45) is 0 Å². The molecule has 0 radical (unpaired) electrons. The Hall–Kier alpha value is -2.74. The number of hydrogen-bond acceptors (Lipinski definition) is 6. The molecule has 12 heteroatoms. The Kier molecular flexibility index (Phi) is 7.04. The molecule has 3 heterocycles. The van der Waals surface area contributed by atoms with E-state index in [9.17, 15) is 28.3 Å². The lowest BCUT2D eigenvalue weighted by atomic mass is 10.1. The van der Waals surface area contributed by atoms with Crippen molar-refractivity contribution in [3.63, 3.8) is 0 Å². The number of rotatable bonds is 6. The molecule has 0 bridgehead atoms. The van der Waals surface area contributed by atoms with E-state index in [-0.39, 0.29) is 39.6 Å². The van der Waals surface area contributed by atoms with Crippen molar-refractivity contribution >= 4 is 34.4 Å². The van der Waals surface area contributed by atoms with Crippen LogP contribution in [0.1, 0.15) is 53.1 Å². The van der Waals surface area contributed by atoms with Crippen LogP contribution in [0.3, 0.4) is 0 Å². The molecule has 1 aromatic heterocycles. The van der Waals surface area contributed by atoms with Crippen LogP contribution in [0.25, 0.3) is 0 Å². The Balaban J connectivity index is 1.74. The van der Waals surface area contributed by atoms with E-state index in [1.54, 1.807) is 34.6 Å². The molecule has 2 N–H and O–H groups in total. The van der Waals surface area contributed by atoms with Gasteiger partial charge in [0.2, 0.25) is 5.43 Å². The summed E-state index contributed by atoms with van der Waals surface area (Å²) in [4.78, 5) is 40.8. The van der Waals surface area contributed by atoms with Crippen LogP contribution < -0.4 is 15.8 Å². The fourth-order valence-electron chi connectivity index (χ4n) is 4.76. The molecule has 4 rings (SSSR count). The number of carbonyl (C=O) groups is 2. The zero-order chi connectivity index (χ0) is 25.6. The summed E-state index contributed by atoms with van der Waals surface area (Å²) < 4.78 is 34.5. The van der Waals surface area contributed by atoms with E-state index < -0.39 is 40.2 Å². The monoisotopic (exact) mass is 602 g/mol. The Morgan fingerprint density at radius 1 is 1.29 bits per heavy atom. The van der Waals surface area contributed by atoms with Gasteiger partial charge >= 0.3 is 0 Å². The molecule has 9 nitrogen and oxygen atoms in total. The van der Waals surface area contributed by atoms with Gasteiger partial charge in [0.15, 0.2) is 11.4 Å². The Morgan fingerprint density at radius 2 is 2.00 bits per heavy atom. The summed E-state index contributed by atoms with van der Waals surface area (Å²) in [6.45, 7) is 3.74. The first kappa shape index (κ1) is 25.4. The van der Waals surface area contributed by atoms with Crippen molar-refractivity contribution in [2.45, 2.75) is 51.5 Å². The lowest BCUT2D eigenvalue weighted by Crippen LogP contribution is -2.63. The normalized spacial score (nSPS) is 19.2. The summed E-state index contributed by atoms with van der Waals surface area (Å²) in [5, 5.41) is 15.1. The van der Waals surface area contributed by atoms with Gasteiger partial charge in [-0.1, -0.05) is 0 Å². The van der Waals surface area contributed by atoms with Gasteiger partial charge in [-0.05, 0) is 55.3 Å². The lowest BCUT2D eigenvalue weighted by Gasteiger charge is -2.46. The van der Waals surface area contributed by atoms with Crippen LogP contribution in [0.2, 0.25) is 0 Å². The van der Waals surface area contributed by atoms with E-state index in [4.69, 9.17) is 4.74 Å². The number of nitrogens with zero attached hydrogens (tertiary/aromatic N) is 3. The highest BCUT2D eigenvalue weighted by Crippen LogP contribution is 2.34. The quantitative estimate of drug-likeness (QED) is 0.493. The second kappa shape index (κ2) is 9.72. The van der Waals surface area contributed by atoms with Gasteiger partial charge in [0.25, 0.3) is 11.8 Å². The fourth-order valence-corrected chi connectivity index (χ4v) is 5.51. The predicted molar refractivity (Wildman–Crippen MR) is 131 cm³/mol. The van der Waals surface area contributed by atoms with E-state index in [0.29, 0.717) is 25.5 Å². The van der Waals surface area contributed by atoms with Crippen LogP contribution in [-0.4, -0.2) is 58.5 Å². The molecule has 2 aliphatic rings. The van der Waals surface area contributed by atoms with Crippen LogP contribution in [0.4, 0.5) is 8.78 Å². The number of carbonyl (C=O) groups excluding carboxylic acids is 2. The van der Waals surface area contributed by atoms with Gasteiger partial charge in [-0.15, -0.1) is 0 Å². The number of nitrogens with one attached hydrogen (secondary N) is 1. The number of aromatic nitrogens is 1. The minimum Gasteiger partial charge on any atom is -0.502 e. The lowest BCUT2D eigenvalue weighted by molar-refractivity contribution is 0.0491. The summed E-state index contributed by atoms with van der Waals surface area (Å²) in [6.07, 6.45) is 2.23. The Morgan fingerprint density at radius 3 is 2.63 bits per heavy atom. The molecule has 2 atom stereocenters. The number of pyridine rings is 1. The summed E-state index contributed by atoms with van der Waals surface area (Å²) >= 11 is 1.75. The predicted octanol–water partition coefficient (Wildman–Crippen LogP) is 2.30. The average molecular weight is 602 g/mol. The van der Waals surface area contributed by atoms with Gasteiger partial charge in [-0.25, -0.2) is 8.78 Å². The molecule has 0 unspecified atom stereocenters. The van der Waals surface area contributed by atoms with Crippen molar-refractivity contribution in [3.8, 4) is 5.75 Å². The number of hydrogen-bond donors (Lipinski definition) is 2. The third kappa shape index (κ3) is 4.37. The number of halogens is 3. The first-order chi connectivity index (χ1) is 16.6. The maximum absolute atomic E-state index is 14.2. The van der Waals surface area contributed by atoms with E-state index in [0.717, 1.165) is 6.07 Å². The number of methoxy groups -OCH3 is 1. The largest absolute Gasteiger partial charge is 0.502 e. The van der Waals surface area contributed by atoms with E-state index >= 15 is 0 Å². The van der Waals surface area contributed by atoms with Gasteiger partial charge in [0.05, 0.1) is 12.6 Å². The molecule has 0 spiro atoms. The topological polar surface area (TPSA) is 104 Å². The molecule has 2 aromatic rings. The molecule has 35 heavy (non-hydrogen) atoms. The van der Waals surface area contributed by atoms with Gasteiger partial charge in [0.1, 0.15) is 23.4 Å². The minimum atomic E-state index is -1.01. The molecule has 188 valence electrons. The maximum atomic E-state index is 14.2. The number of benzene rings is 1.